The summed E-state index contributed by atoms with van der Waals surface area (Å²) in [7, 11) is 0. The van der Waals surface area contributed by atoms with Crippen molar-refractivity contribution < 1.29 is 13.9 Å². The van der Waals surface area contributed by atoms with Crippen LogP contribution in [0.2, 0.25) is 0 Å². The topological polar surface area (TPSA) is 36.0 Å². The number of nitrogens with one attached hydrogen (secondary N) is 1. The molecule has 0 bridgehead atoms. The Hall–Kier alpha value is -1.68. The fourth-order valence-electron chi connectivity index (χ4n) is 1.58. The molecular weight excluding hydrogens is 212 g/mol. The van der Waals surface area contributed by atoms with Gasteiger partial charge in [0.2, 0.25) is 0 Å². The molecule has 0 spiro atoms. The lowest BCUT2D eigenvalue weighted by Crippen LogP contribution is -1.85. The first-order valence-corrected chi connectivity index (χ1v) is 4.86. The van der Waals surface area contributed by atoms with Crippen molar-refractivity contribution in [1.29, 1.82) is 0 Å². The van der Waals surface area contributed by atoms with Gasteiger partial charge in [-0.15, -0.1) is 0 Å². The normalized spacial score (nSPS) is 10.8. The maximum atomic E-state index is 13.0. The molecule has 84 valence electrons. The van der Waals surface area contributed by atoms with E-state index < -0.39 is 11.6 Å². The van der Waals surface area contributed by atoms with Gasteiger partial charge in [0.05, 0.1) is 6.61 Å². The molecule has 1 heterocycles. The van der Waals surface area contributed by atoms with E-state index in [1.165, 1.54) is 6.07 Å². The second-order valence-corrected chi connectivity index (χ2v) is 3.62. The van der Waals surface area contributed by atoms with Gasteiger partial charge in [-0.2, -0.15) is 0 Å². The fourth-order valence-corrected chi connectivity index (χ4v) is 1.58. The molecule has 0 aliphatic heterocycles. The first-order chi connectivity index (χ1) is 7.61. The lowest BCUT2D eigenvalue weighted by Gasteiger charge is -1.98. The molecule has 2 rings (SSSR count). The molecule has 0 radical (unpaired) electrons. The molecule has 1 aromatic carbocycles. The number of halogens is 2. The highest BCUT2D eigenvalue weighted by molar-refractivity contribution is 5.61. The maximum Gasteiger partial charge on any atom is 0.159 e. The molecule has 1 aromatic heterocycles. The van der Waals surface area contributed by atoms with Crippen molar-refractivity contribution in [1.82, 2.24) is 4.98 Å². The Balaban J connectivity index is 2.46. The number of aliphatic hydroxyl groups is 1. The molecule has 0 saturated heterocycles. The Bertz CT molecular complexity index is 520. The van der Waals surface area contributed by atoms with Crippen LogP contribution in [0.3, 0.4) is 0 Å². The van der Waals surface area contributed by atoms with E-state index in [1.807, 2.05) is 6.92 Å². The molecule has 0 aliphatic carbocycles. The standard InChI is InChI=1S/C12H11F2NO/c1-7-9(6-16)5-12(15-7)8-2-3-10(13)11(14)4-8/h2-5,15-16H,6H2,1H3. The quantitative estimate of drug-likeness (QED) is 0.806. The van der Waals surface area contributed by atoms with Crippen LogP contribution in [0.5, 0.6) is 0 Å². The zero-order chi connectivity index (χ0) is 11.7. The molecule has 0 unspecified atom stereocenters. The number of rotatable bonds is 2. The lowest BCUT2D eigenvalue weighted by molar-refractivity contribution is 0.281. The van der Waals surface area contributed by atoms with Gasteiger partial charge < -0.3 is 10.1 Å². The molecule has 2 aromatic rings. The SMILES string of the molecule is Cc1[nH]c(-c2ccc(F)c(F)c2)cc1CO. The Morgan fingerprint density at radius 3 is 2.50 bits per heavy atom. The molecule has 0 fully saturated rings. The number of aromatic amines is 1. The lowest BCUT2D eigenvalue weighted by atomic mass is 10.1. The average Bonchev–Trinajstić information content (AvgIpc) is 2.64. The van der Waals surface area contributed by atoms with Gasteiger partial charge >= 0.3 is 0 Å². The minimum Gasteiger partial charge on any atom is -0.392 e. The van der Waals surface area contributed by atoms with E-state index >= 15 is 0 Å². The van der Waals surface area contributed by atoms with Crippen LogP contribution in [0, 0.1) is 18.6 Å². The molecule has 2 nitrogen and oxygen atoms in total. The van der Waals surface area contributed by atoms with E-state index in [0.717, 1.165) is 23.4 Å². The predicted octanol–water partition coefficient (Wildman–Crippen LogP) is 2.76. The monoisotopic (exact) mass is 223 g/mol. The minimum absolute atomic E-state index is 0.0774. The van der Waals surface area contributed by atoms with Crippen molar-refractivity contribution in [3.05, 3.63) is 47.2 Å². The van der Waals surface area contributed by atoms with Crippen LogP contribution in [-0.2, 0) is 6.61 Å². The summed E-state index contributed by atoms with van der Waals surface area (Å²) in [5.41, 5.74) is 2.80. The number of hydrogen-bond acceptors (Lipinski definition) is 1. The van der Waals surface area contributed by atoms with Gasteiger partial charge in [-0.1, -0.05) is 0 Å². The van der Waals surface area contributed by atoms with E-state index in [-0.39, 0.29) is 6.61 Å². The second-order valence-electron chi connectivity index (χ2n) is 3.62. The van der Waals surface area contributed by atoms with Crippen LogP contribution in [0.15, 0.2) is 24.3 Å². The summed E-state index contributed by atoms with van der Waals surface area (Å²) in [5.74, 6) is -1.75. The number of H-pyrrole nitrogens is 1. The van der Waals surface area contributed by atoms with Crippen molar-refractivity contribution in [2.45, 2.75) is 13.5 Å². The molecule has 0 amide bonds. The highest BCUT2D eigenvalue weighted by Crippen LogP contribution is 2.23. The first-order valence-electron chi connectivity index (χ1n) is 4.86. The van der Waals surface area contributed by atoms with E-state index in [1.54, 1.807) is 6.07 Å². The van der Waals surface area contributed by atoms with Gasteiger partial charge in [-0.25, -0.2) is 8.78 Å². The van der Waals surface area contributed by atoms with Crippen LogP contribution in [0.1, 0.15) is 11.3 Å². The van der Waals surface area contributed by atoms with Crippen LogP contribution < -0.4 is 0 Å². The summed E-state index contributed by atoms with van der Waals surface area (Å²) in [6, 6.07) is 5.42. The second kappa shape index (κ2) is 4.06. The van der Waals surface area contributed by atoms with Crippen molar-refractivity contribution in [3.8, 4) is 11.3 Å². The van der Waals surface area contributed by atoms with E-state index in [0.29, 0.717) is 11.3 Å². The van der Waals surface area contributed by atoms with Gasteiger partial charge in [0.1, 0.15) is 0 Å². The van der Waals surface area contributed by atoms with Gasteiger partial charge in [0.25, 0.3) is 0 Å². The van der Waals surface area contributed by atoms with E-state index in [2.05, 4.69) is 4.98 Å². The Morgan fingerprint density at radius 1 is 1.19 bits per heavy atom. The van der Waals surface area contributed by atoms with Crippen molar-refractivity contribution in [3.63, 3.8) is 0 Å². The summed E-state index contributed by atoms with van der Waals surface area (Å²) in [6.45, 7) is 1.74. The molecule has 16 heavy (non-hydrogen) atoms. The average molecular weight is 223 g/mol. The molecule has 0 saturated carbocycles. The minimum atomic E-state index is -0.879. The number of aromatic nitrogens is 1. The van der Waals surface area contributed by atoms with Crippen LogP contribution in [0.4, 0.5) is 8.78 Å². The molecule has 2 N–H and O–H groups in total. The smallest absolute Gasteiger partial charge is 0.159 e. The fraction of sp³-hybridized carbons (Fsp3) is 0.167. The third-order valence-corrected chi connectivity index (χ3v) is 2.52. The zero-order valence-electron chi connectivity index (χ0n) is 8.72. The number of aliphatic hydroxyl groups excluding tert-OH is 1. The molecule has 4 heteroatoms. The van der Waals surface area contributed by atoms with Gasteiger partial charge in [0, 0.05) is 17.0 Å². The first kappa shape index (κ1) is 10.8. The third kappa shape index (κ3) is 1.84. The Kier molecular flexibility index (Phi) is 2.75. The van der Waals surface area contributed by atoms with Crippen molar-refractivity contribution in [2.75, 3.05) is 0 Å². The van der Waals surface area contributed by atoms with Crippen LogP contribution in [-0.4, -0.2) is 10.1 Å². The summed E-state index contributed by atoms with van der Waals surface area (Å²) < 4.78 is 25.8. The predicted molar refractivity (Wildman–Crippen MR) is 56.8 cm³/mol. The number of hydrogen-bond donors (Lipinski definition) is 2. The maximum absolute atomic E-state index is 13.0. The largest absolute Gasteiger partial charge is 0.392 e. The number of aryl methyl sites for hydroxylation is 1. The Labute approximate surface area is 91.6 Å². The Morgan fingerprint density at radius 2 is 1.94 bits per heavy atom. The van der Waals surface area contributed by atoms with Gasteiger partial charge in [0.15, 0.2) is 11.6 Å². The summed E-state index contributed by atoms with van der Waals surface area (Å²) >= 11 is 0. The highest BCUT2D eigenvalue weighted by Gasteiger charge is 2.08. The van der Waals surface area contributed by atoms with Crippen molar-refractivity contribution in [2.24, 2.45) is 0 Å². The molecule has 0 aliphatic rings. The van der Waals surface area contributed by atoms with Crippen LogP contribution in [0.25, 0.3) is 11.3 Å². The summed E-state index contributed by atoms with van der Waals surface area (Å²) in [6.07, 6.45) is 0. The van der Waals surface area contributed by atoms with Crippen molar-refractivity contribution >= 4 is 0 Å². The van der Waals surface area contributed by atoms with Gasteiger partial charge in [-0.3, -0.25) is 0 Å². The van der Waals surface area contributed by atoms with Crippen LogP contribution >= 0.6 is 0 Å². The summed E-state index contributed by atoms with van der Waals surface area (Å²) in [5, 5.41) is 9.02. The summed E-state index contributed by atoms with van der Waals surface area (Å²) in [4.78, 5) is 3.01. The molecular formula is C12H11F2NO. The zero-order valence-corrected chi connectivity index (χ0v) is 8.72. The highest BCUT2D eigenvalue weighted by atomic mass is 19.2. The van der Waals surface area contributed by atoms with E-state index in [9.17, 15) is 8.78 Å². The molecule has 0 atom stereocenters. The van der Waals surface area contributed by atoms with Gasteiger partial charge in [-0.05, 0) is 36.8 Å². The van der Waals surface area contributed by atoms with E-state index in [4.69, 9.17) is 5.11 Å². The third-order valence-electron chi connectivity index (χ3n) is 2.52. The number of benzene rings is 1.